The molecule has 1 aromatic heterocycles. The monoisotopic (exact) mass is 314 g/mol. The van der Waals surface area contributed by atoms with Crippen molar-refractivity contribution in [1.82, 2.24) is 9.13 Å². The number of aromatic nitrogens is 2. The first-order valence-electron chi connectivity index (χ1n) is 6.65. The molecule has 0 unspecified atom stereocenters. The van der Waals surface area contributed by atoms with Crippen molar-refractivity contribution in [3.05, 3.63) is 22.9 Å². The van der Waals surface area contributed by atoms with Crippen molar-refractivity contribution < 1.29 is 4.74 Å². The predicted molar refractivity (Wildman–Crippen MR) is 73.2 cm³/mol. The maximum Gasteiger partial charge on any atom is 0.328 e. The first kappa shape index (κ1) is 12.5. The van der Waals surface area contributed by atoms with E-state index >= 15 is 0 Å². The molecule has 2 aliphatic rings. The first-order valence-corrected chi connectivity index (χ1v) is 7.77. The number of hydrogen-bond donors (Lipinski definition) is 0. The van der Waals surface area contributed by atoms with Crippen LogP contribution in [0.15, 0.2) is 17.2 Å². The number of imidazole rings is 1. The summed E-state index contributed by atoms with van der Waals surface area (Å²) >= 11 is 3.62. The highest BCUT2D eigenvalue weighted by Gasteiger charge is 2.33. The minimum atomic E-state index is 0.157. The summed E-state index contributed by atoms with van der Waals surface area (Å²) in [5.74, 6) is 0. The molecular formula is C13H19BrN2O2. The highest BCUT2D eigenvalue weighted by Crippen LogP contribution is 2.35. The average Bonchev–Trinajstić information content (AvgIpc) is 3.18. The van der Waals surface area contributed by atoms with E-state index in [9.17, 15) is 4.79 Å². The summed E-state index contributed by atoms with van der Waals surface area (Å²) in [5.41, 5.74) is 0.335. The molecule has 1 saturated heterocycles. The molecule has 0 bridgehead atoms. The fourth-order valence-electron chi connectivity index (χ4n) is 2.68. The topological polar surface area (TPSA) is 36.2 Å². The predicted octanol–water partition coefficient (Wildman–Crippen LogP) is 2.18. The van der Waals surface area contributed by atoms with Gasteiger partial charge in [0.25, 0.3) is 0 Å². The lowest BCUT2D eigenvalue weighted by molar-refractivity contribution is 0.0181. The van der Waals surface area contributed by atoms with Crippen LogP contribution in [0.5, 0.6) is 0 Å². The number of alkyl halides is 1. The van der Waals surface area contributed by atoms with Gasteiger partial charge in [0, 0.05) is 48.9 Å². The Labute approximate surface area is 115 Å². The minimum absolute atomic E-state index is 0.157. The van der Waals surface area contributed by atoms with Gasteiger partial charge in [0.1, 0.15) is 0 Å². The number of rotatable bonds is 4. The molecule has 0 spiro atoms. The van der Waals surface area contributed by atoms with Gasteiger partial charge in [-0.05, 0) is 25.7 Å². The molecule has 2 heterocycles. The molecule has 2 fully saturated rings. The summed E-state index contributed by atoms with van der Waals surface area (Å²) in [4.78, 5) is 12.3. The summed E-state index contributed by atoms with van der Waals surface area (Å²) in [7, 11) is 0. The van der Waals surface area contributed by atoms with Crippen LogP contribution < -0.4 is 5.69 Å². The van der Waals surface area contributed by atoms with Crippen molar-refractivity contribution in [3.63, 3.8) is 0 Å². The zero-order valence-corrected chi connectivity index (χ0v) is 12.1. The molecule has 1 aliphatic heterocycles. The van der Waals surface area contributed by atoms with Crippen molar-refractivity contribution in [1.29, 1.82) is 0 Å². The Hall–Kier alpha value is -0.550. The Morgan fingerprint density at radius 3 is 2.67 bits per heavy atom. The Bertz CT molecular complexity index is 470. The van der Waals surface area contributed by atoms with Crippen molar-refractivity contribution >= 4 is 15.9 Å². The Balaban J connectivity index is 1.80. The van der Waals surface area contributed by atoms with Crippen molar-refractivity contribution in [3.8, 4) is 0 Å². The van der Waals surface area contributed by atoms with E-state index in [2.05, 4.69) is 15.9 Å². The number of ether oxygens (including phenoxy) is 1. The van der Waals surface area contributed by atoms with Gasteiger partial charge in [-0.1, -0.05) is 15.9 Å². The zero-order valence-electron chi connectivity index (χ0n) is 10.5. The van der Waals surface area contributed by atoms with Gasteiger partial charge < -0.3 is 4.74 Å². The molecule has 1 aliphatic carbocycles. The van der Waals surface area contributed by atoms with Crippen LogP contribution in [0.4, 0.5) is 0 Å². The molecule has 0 amide bonds. The zero-order chi connectivity index (χ0) is 12.6. The van der Waals surface area contributed by atoms with Crippen molar-refractivity contribution in [2.24, 2.45) is 5.41 Å². The van der Waals surface area contributed by atoms with Crippen molar-refractivity contribution in [2.75, 3.05) is 18.5 Å². The maximum atomic E-state index is 12.3. The van der Waals surface area contributed by atoms with Crippen LogP contribution in [-0.2, 0) is 11.3 Å². The van der Waals surface area contributed by atoms with E-state index in [1.807, 2.05) is 21.5 Å². The van der Waals surface area contributed by atoms with Gasteiger partial charge >= 0.3 is 5.69 Å². The van der Waals surface area contributed by atoms with Gasteiger partial charge in [0.15, 0.2) is 0 Å². The lowest BCUT2D eigenvalue weighted by Gasteiger charge is -2.35. The van der Waals surface area contributed by atoms with Crippen LogP contribution in [0.25, 0.3) is 0 Å². The molecule has 18 heavy (non-hydrogen) atoms. The third kappa shape index (κ3) is 2.30. The van der Waals surface area contributed by atoms with E-state index in [1.54, 1.807) is 0 Å². The van der Waals surface area contributed by atoms with Crippen LogP contribution >= 0.6 is 15.9 Å². The molecule has 1 aromatic rings. The van der Waals surface area contributed by atoms with Crippen LogP contribution in [-0.4, -0.2) is 27.7 Å². The lowest BCUT2D eigenvalue weighted by Crippen LogP contribution is -2.38. The molecule has 0 N–H and O–H groups in total. The third-order valence-electron chi connectivity index (χ3n) is 4.16. The Morgan fingerprint density at radius 1 is 1.33 bits per heavy atom. The summed E-state index contributed by atoms with van der Waals surface area (Å²) in [6, 6.07) is 0.466. The summed E-state index contributed by atoms with van der Waals surface area (Å²) in [5, 5.41) is 0.935. The van der Waals surface area contributed by atoms with Gasteiger partial charge in [-0.25, -0.2) is 4.79 Å². The molecule has 0 aromatic carbocycles. The van der Waals surface area contributed by atoms with E-state index < -0.39 is 0 Å². The summed E-state index contributed by atoms with van der Waals surface area (Å²) < 4.78 is 9.20. The fraction of sp³-hybridized carbons (Fsp3) is 0.769. The molecule has 5 heteroatoms. The largest absolute Gasteiger partial charge is 0.381 e. The standard InChI is InChI=1S/C13H19BrN2O2/c14-9-13(3-7-18-8-4-13)10-15-5-6-16(12(15)17)11-1-2-11/h5-6,11H,1-4,7-10H2. The average molecular weight is 315 g/mol. The molecule has 3 rings (SSSR count). The van der Waals surface area contributed by atoms with Crippen LogP contribution in [0.1, 0.15) is 31.7 Å². The second-order valence-electron chi connectivity index (χ2n) is 5.59. The van der Waals surface area contributed by atoms with E-state index in [0.717, 1.165) is 50.8 Å². The maximum absolute atomic E-state index is 12.3. The molecule has 0 atom stereocenters. The lowest BCUT2D eigenvalue weighted by atomic mass is 9.82. The van der Waals surface area contributed by atoms with Gasteiger partial charge in [-0.15, -0.1) is 0 Å². The smallest absolute Gasteiger partial charge is 0.328 e. The highest BCUT2D eigenvalue weighted by molar-refractivity contribution is 9.09. The number of nitrogens with zero attached hydrogens (tertiary/aromatic N) is 2. The van der Waals surface area contributed by atoms with Crippen molar-refractivity contribution in [2.45, 2.75) is 38.3 Å². The van der Waals surface area contributed by atoms with Crippen LogP contribution in [0, 0.1) is 5.41 Å². The molecule has 4 nitrogen and oxygen atoms in total. The second-order valence-corrected chi connectivity index (χ2v) is 6.15. The summed E-state index contributed by atoms with van der Waals surface area (Å²) in [6.07, 6.45) is 8.25. The van der Waals surface area contributed by atoms with Gasteiger partial charge in [0.05, 0.1) is 0 Å². The molecule has 0 radical (unpaired) electrons. The van der Waals surface area contributed by atoms with Crippen LogP contribution in [0.2, 0.25) is 0 Å². The highest BCUT2D eigenvalue weighted by atomic mass is 79.9. The van der Waals surface area contributed by atoms with E-state index in [1.165, 1.54) is 0 Å². The molecular weight excluding hydrogens is 296 g/mol. The van der Waals surface area contributed by atoms with E-state index in [-0.39, 0.29) is 11.1 Å². The summed E-state index contributed by atoms with van der Waals surface area (Å²) in [6.45, 7) is 2.42. The fourth-order valence-corrected chi connectivity index (χ4v) is 3.42. The Morgan fingerprint density at radius 2 is 2.06 bits per heavy atom. The van der Waals surface area contributed by atoms with Gasteiger partial charge in [0.2, 0.25) is 0 Å². The molecule has 100 valence electrons. The van der Waals surface area contributed by atoms with E-state index in [4.69, 9.17) is 4.74 Å². The number of hydrogen-bond acceptors (Lipinski definition) is 2. The molecule has 1 saturated carbocycles. The van der Waals surface area contributed by atoms with Crippen LogP contribution in [0.3, 0.4) is 0 Å². The van der Waals surface area contributed by atoms with E-state index in [0.29, 0.717) is 6.04 Å². The second kappa shape index (κ2) is 4.85. The van der Waals surface area contributed by atoms with Gasteiger partial charge in [-0.3, -0.25) is 9.13 Å². The normalized spacial score (nSPS) is 23.2. The minimum Gasteiger partial charge on any atom is -0.381 e. The number of halogens is 1. The SMILES string of the molecule is O=c1n(CC2(CBr)CCOCC2)ccn1C1CC1. The quantitative estimate of drug-likeness (QED) is 0.799. The van der Waals surface area contributed by atoms with Gasteiger partial charge in [-0.2, -0.15) is 0 Å². The first-order chi connectivity index (χ1) is 8.74. The Kier molecular flexibility index (Phi) is 3.36. The third-order valence-corrected chi connectivity index (χ3v) is 5.35.